The monoisotopic (exact) mass is 273 g/mol. The number of aromatic nitrogens is 1. The van der Waals surface area contributed by atoms with Gasteiger partial charge in [0.1, 0.15) is 0 Å². The van der Waals surface area contributed by atoms with E-state index < -0.39 is 17.7 Å². The smallest absolute Gasteiger partial charge is 0.159 e. The van der Waals surface area contributed by atoms with Gasteiger partial charge in [0.2, 0.25) is 0 Å². The number of fused-ring (bicyclic) bond motifs is 1. The first-order valence-electron chi connectivity index (χ1n) is 6.44. The number of halogens is 2. The Balaban J connectivity index is 2.07. The van der Waals surface area contributed by atoms with E-state index >= 15 is 0 Å². The van der Waals surface area contributed by atoms with Crippen LogP contribution in [0.5, 0.6) is 0 Å². The maximum absolute atomic E-state index is 13.3. The molecule has 4 heteroatoms. The van der Waals surface area contributed by atoms with E-state index in [1.165, 1.54) is 6.07 Å². The second kappa shape index (κ2) is 5.13. The Morgan fingerprint density at radius 3 is 2.80 bits per heavy atom. The molecule has 2 aromatic rings. The van der Waals surface area contributed by atoms with Crippen LogP contribution < -0.4 is 0 Å². The van der Waals surface area contributed by atoms with Gasteiger partial charge in [-0.3, -0.25) is 4.98 Å². The highest BCUT2D eigenvalue weighted by Crippen LogP contribution is 2.33. The minimum absolute atomic E-state index is 0.509. The fourth-order valence-electron chi connectivity index (χ4n) is 2.44. The molecule has 0 amide bonds. The van der Waals surface area contributed by atoms with Crippen molar-refractivity contribution in [3.63, 3.8) is 0 Å². The van der Waals surface area contributed by atoms with E-state index in [2.05, 4.69) is 4.98 Å². The summed E-state index contributed by atoms with van der Waals surface area (Å²) in [5.74, 6) is -1.72. The molecule has 0 fully saturated rings. The molecule has 0 saturated carbocycles. The van der Waals surface area contributed by atoms with E-state index in [1.807, 2.05) is 12.1 Å². The Labute approximate surface area is 115 Å². The lowest BCUT2D eigenvalue weighted by molar-refractivity contribution is 0.165. The lowest BCUT2D eigenvalue weighted by atomic mass is 10.0. The second-order valence-corrected chi connectivity index (χ2v) is 4.83. The summed E-state index contributed by atoms with van der Waals surface area (Å²) in [4.78, 5) is 4.19. The van der Waals surface area contributed by atoms with Crippen molar-refractivity contribution < 1.29 is 13.9 Å². The summed E-state index contributed by atoms with van der Waals surface area (Å²) in [5.41, 5.74) is 2.95. The van der Waals surface area contributed by atoms with E-state index in [0.717, 1.165) is 17.2 Å². The summed E-state index contributed by atoms with van der Waals surface area (Å²) in [6.07, 6.45) is 3.98. The van der Waals surface area contributed by atoms with Crippen LogP contribution >= 0.6 is 0 Å². The highest BCUT2D eigenvalue weighted by Gasteiger charge is 2.18. The summed E-state index contributed by atoms with van der Waals surface area (Å²) in [5, 5.41) is 10.1. The molecule has 1 aromatic heterocycles. The number of aliphatic hydroxyl groups excluding tert-OH is 1. The minimum Gasteiger partial charge on any atom is -0.387 e. The Morgan fingerprint density at radius 1 is 1.15 bits per heavy atom. The van der Waals surface area contributed by atoms with Gasteiger partial charge in [-0.15, -0.1) is 0 Å². The van der Waals surface area contributed by atoms with Crippen LogP contribution in [0.3, 0.4) is 0 Å². The van der Waals surface area contributed by atoms with Gasteiger partial charge < -0.3 is 5.11 Å². The molecule has 1 atom stereocenters. The van der Waals surface area contributed by atoms with Gasteiger partial charge in [-0.05, 0) is 53.8 Å². The quantitative estimate of drug-likeness (QED) is 0.858. The van der Waals surface area contributed by atoms with Gasteiger partial charge in [-0.25, -0.2) is 8.78 Å². The predicted octanol–water partition coefficient (Wildman–Crippen LogP) is 3.73. The van der Waals surface area contributed by atoms with Gasteiger partial charge in [-0.1, -0.05) is 12.1 Å². The van der Waals surface area contributed by atoms with Crippen molar-refractivity contribution in [2.75, 3.05) is 0 Å². The molecule has 0 aliphatic heterocycles. The van der Waals surface area contributed by atoms with Gasteiger partial charge in [0.05, 0.1) is 11.8 Å². The third kappa shape index (κ3) is 2.34. The summed E-state index contributed by atoms with van der Waals surface area (Å²) < 4.78 is 26.3. The summed E-state index contributed by atoms with van der Waals surface area (Å²) >= 11 is 0. The standard InChI is InChI=1S/C16H13F2NO/c17-13-5-3-11(9-14(13)18)10-4-6-15(20)16-12(8-10)2-1-7-19-16/h1-3,5,7-9,15,20H,4,6H2. The number of aliphatic hydroxyl groups is 1. The molecule has 1 aliphatic carbocycles. The largest absolute Gasteiger partial charge is 0.387 e. The van der Waals surface area contributed by atoms with Crippen molar-refractivity contribution >= 4 is 11.6 Å². The van der Waals surface area contributed by atoms with Crippen LogP contribution in [-0.4, -0.2) is 10.1 Å². The Bertz CT molecular complexity index is 682. The molecule has 3 rings (SSSR count). The molecule has 1 unspecified atom stereocenters. The number of allylic oxidation sites excluding steroid dienone is 1. The van der Waals surface area contributed by atoms with Crippen LogP contribution in [0.1, 0.15) is 35.8 Å². The summed E-state index contributed by atoms with van der Waals surface area (Å²) in [6, 6.07) is 7.51. The lowest BCUT2D eigenvalue weighted by Gasteiger charge is -2.09. The zero-order valence-electron chi connectivity index (χ0n) is 10.7. The van der Waals surface area contributed by atoms with Crippen molar-refractivity contribution in [2.24, 2.45) is 0 Å². The molecule has 0 radical (unpaired) electrons. The van der Waals surface area contributed by atoms with Gasteiger partial charge in [0.25, 0.3) is 0 Å². The molecule has 0 saturated heterocycles. The molecule has 102 valence electrons. The number of hydrogen-bond donors (Lipinski definition) is 1. The molecule has 1 heterocycles. The fourth-order valence-corrected chi connectivity index (χ4v) is 2.44. The zero-order valence-corrected chi connectivity index (χ0v) is 10.7. The average Bonchev–Trinajstić information content (AvgIpc) is 2.62. The highest BCUT2D eigenvalue weighted by molar-refractivity contribution is 5.82. The van der Waals surface area contributed by atoms with Crippen LogP contribution in [0.25, 0.3) is 11.6 Å². The van der Waals surface area contributed by atoms with Gasteiger partial charge in [0.15, 0.2) is 11.6 Å². The van der Waals surface area contributed by atoms with E-state index in [-0.39, 0.29) is 0 Å². The van der Waals surface area contributed by atoms with Crippen LogP contribution in [0.15, 0.2) is 36.5 Å². The maximum Gasteiger partial charge on any atom is 0.159 e. The van der Waals surface area contributed by atoms with E-state index in [9.17, 15) is 13.9 Å². The van der Waals surface area contributed by atoms with E-state index in [4.69, 9.17) is 0 Å². The molecular weight excluding hydrogens is 260 g/mol. The first-order chi connectivity index (χ1) is 9.65. The van der Waals surface area contributed by atoms with Gasteiger partial charge in [0, 0.05) is 6.20 Å². The van der Waals surface area contributed by atoms with Crippen molar-refractivity contribution in [2.45, 2.75) is 18.9 Å². The van der Waals surface area contributed by atoms with Crippen LogP contribution in [0, 0.1) is 11.6 Å². The van der Waals surface area contributed by atoms with Gasteiger partial charge in [-0.2, -0.15) is 0 Å². The average molecular weight is 273 g/mol. The maximum atomic E-state index is 13.3. The highest BCUT2D eigenvalue weighted by atomic mass is 19.2. The van der Waals surface area contributed by atoms with Crippen molar-refractivity contribution in [3.05, 3.63) is 65.0 Å². The Kier molecular flexibility index (Phi) is 3.32. The molecule has 0 bridgehead atoms. The number of benzene rings is 1. The first-order valence-corrected chi connectivity index (χ1v) is 6.44. The SMILES string of the molecule is OC1CCC(c2ccc(F)c(F)c2)=Cc2cccnc21. The number of rotatable bonds is 1. The van der Waals surface area contributed by atoms with Crippen LogP contribution in [-0.2, 0) is 0 Å². The zero-order chi connectivity index (χ0) is 14.1. The van der Waals surface area contributed by atoms with Crippen molar-refractivity contribution in [1.82, 2.24) is 4.98 Å². The van der Waals surface area contributed by atoms with Crippen LogP contribution in [0.2, 0.25) is 0 Å². The Morgan fingerprint density at radius 2 is 2.00 bits per heavy atom. The number of pyridine rings is 1. The van der Waals surface area contributed by atoms with Crippen molar-refractivity contribution in [1.29, 1.82) is 0 Å². The molecule has 1 N–H and O–H groups in total. The third-order valence-electron chi connectivity index (χ3n) is 3.49. The number of nitrogens with zero attached hydrogens (tertiary/aromatic N) is 1. The van der Waals surface area contributed by atoms with E-state index in [1.54, 1.807) is 18.3 Å². The third-order valence-corrected chi connectivity index (χ3v) is 3.49. The molecule has 0 spiro atoms. The number of hydrogen-bond acceptors (Lipinski definition) is 2. The molecular formula is C16H13F2NO. The summed E-state index contributed by atoms with van der Waals surface area (Å²) in [6.45, 7) is 0. The van der Waals surface area contributed by atoms with Crippen molar-refractivity contribution in [3.8, 4) is 0 Å². The van der Waals surface area contributed by atoms with Crippen LogP contribution in [0.4, 0.5) is 8.78 Å². The molecule has 1 aliphatic rings. The van der Waals surface area contributed by atoms with E-state index in [0.29, 0.717) is 24.1 Å². The fraction of sp³-hybridized carbons (Fsp3) is 0.188. The topological polar surface area (TPSA) is 33.1 Å². The Hall–Kier alpha value is -2.07. The lowest BCUT2D eigenvalue weighted by Crippen LogP contribution is -2.00. The van der Waals surface area contributed by atoms with Gasteiger partial charge >= 0.3 is 0 Å². The predicted molar refractivity (Wildman–Crippen MR) is 72.7 cm³/mol. The second-order valence-electron chi connectivity index (χ2n) is 4.83. The molecule has 1 aromatic carbocycles. The first kappa shape index (κ1) is 12.9. The normalized spacial score (nSPS) is 18.1. The molecule has 20 heavy (non-hydrogen) atoms. The minimum atomic E-state index is -0.861. The summed E-state index contributed by atoms with van der Waals surface area (Å²) in [7, 11) is 0. The molecule has 2 nitrogen and oxygen atoms in total.